The van der Waals surface area contributed by atoms with Gasteiger partial charge in [0, 0.05) is 29.1 Å². The molecular formula is C23H22ClN3O3S. The van der Waals surface area contributed by atoms with Crippen LogP contribution in [0.25, 0.3) is 0 Å². The molecule has 4 rings (SSSR count). The first-order chi connectivity index (χ1) is 15.0. The van der Waals surface area contributed by atoms with Crippen molar-refractivity contribution in [2.75, 3.05) is 31.3 Å². The fourth-order valence-corrected chi connectivity index (χ4v) is 5.00. The maximum Gasteiger partial charge on any atom is 0.254 e. The first-order valence-electron chi connectivity index (χ1n) is 9.79. The van der Waals surface area contributed by atoms with E-state index in [0.29, 0.717) is 40.7 Å². The number of anilines is 2. The van der Waals surface area contributed by atoms with E-state index in [4.69, 9.17) is 22.1 Å². The Hall–Kier alpha value is -2.87. The summed E-state index contributed by atoms with van der Waals surface area (Å²) < 4.78 is 5.24. The lowest BCUT2D eigenvalue weighted by molar-refractivity contribution is -0.119. The van der Waals surface area contributed by atoms with Crippen LogP contribution in [0.2, 0.25) is 5.02 Å². The van der Waals surface area contributed by atoms with E-state index in [-0.39, 0.29) is 11.8 Å². The molecular weight excluding hydrogens is 434 g/mol. The zero-order valence-electron chi connectivity index (χ0n) is 16.9. The number of rotatable bonds is 6. The zero-order valence-corrected chi connectivity index (χ0v) is 18.5. The highest BCUT2D eigenvalue weighted by atomic mass is 35.5. The van der Waals surface area contributed by atoms with Crippen molar-refractivity contribution < 1.29 is 14.3 Å². The second-order valence-electron chi connectivity index (χ2n) is 7.24. The van der Waals surface area contributed by atoms with Crippen LogP contribution in [0.3, 0.4) is 0 Å². The van der Waals surface area contributed by atoms with Crippen LogP contribution in [0, 0.1) is 0 Å². The lowest BCUT2D eigenvalue weighted by atomic mass is 9.81. The van der Waals surface area contributed by atoms with Gasteiger partial charge in [0.2, 0.25) is 5.91 Å². The Bertz CT molecular complexity index is 1100. The number of nitrogens with two attached hydrogens (primary N) is 1. The van der Waals surface area contributed by atoms with Crippen molar-refractivity contribution >= 4 is 46.1 Å². The number of halogens is 1. The molecule has 0 radical (unpaired) electrons. The van der Waals surface area contributed by atoms with Gasteiger partial charge in [-0.1, -0.05) is 35.9 Å². The number of hydrogen-bond donors (Lipinski definition) is 2. The largest absolute Gasteiger partial charge is 0.397 e. The molecule has 160 valence electrons. The molecule has 2 unspecified atom stereocenters. The van der Waals surface area contributed by atoms with Gasteiger partial charge in [0.05, 0.1) is 29.9 Å². The predicted molar refractivity (Wildman–Crippen MR) is 124 cm³/mol. The van der Waals surface area contributed by atoms with Crippen LogP contribution in [0.4, 0.5) is 11.4 Å². The van der Waals surface area contributed by atoms with Crippen molar-refractivity contribution in [3.8, 4) is 0 Å². The van der Waals surface area contributed by atoms with E-state index in [1.165, 1.54) is 11.3 Å². The predicted octanol–water partition coefficient (Wildman–Crippen LogP) is 4.55. The van der Waals surface area contributed by atoms with E-state index < -0.39 is 12.0 Å². The molecule has 2 atom stereocenters. The highest BCUT2D eigenvalue weighted by Gasteiger charge is 2.44. The van der Waals surface area contributed by atoms with Gasteiger partial charge in [0.25, 0.3) is 5.91 Å². The lowest BCUT2D eigenvalue weighted by Gasteiger charge is -2.41. The maximum absolute atomic E-state index is 13.6. The van der Waals surface area contributed by atoms with Crippen molar-refractivity contribution in [3.05, 3.63) is 81.0 Å². The minimum Gasteiger partial charge on any atom is -0.397 e. The van der Waals surface area contributed by atoms with E-state index in [1.54, 1.807) is 36.3 Å². The average Bonchev–Trinajstić information content (AvgIpc) is 3.29. The molecule has 0 saturated heterocycles. The van der Waals surface area contributed by atoms with Crippen molar-refractivity contribution in [1.82, 2.24) is 4.90 Å². The van der Waals surface area contributed by atoms with Gasteiger partial charge in [-0.2, -0.15) is 0 Å². The molecule has 0 saturated carbocycles. The summed E-state index contributed by atoms with van der Waals surface area (Å²) in [6.45, 7) is 0.743. The van der Waals surface area contributed by atoms with E-state index in [1.807, 2.05) is 35.7 Å². The minimum absolute atomic E-state index is 0.110. The number of thiophene rings is 1. The summed E-state index contributed by atoms with van der Waals surface area (Å²) in [7, 11) is 1.59. The summed E-state index contributed by atoms with van der Waals surface area (Å²) in [5.41, 5.74) is 8.15. The highest BCUT2D eigenvalue weighted by Crippen LogP contribution is 2.44. The first-order valence-corrected chi connectivity index (χ1v) is 11.0. The number of ether oxygens (including phenoxy) is 1. The number of nitrogens with one attached hydrogen (secondary N) is 1. The summed E-state index contributed by atoms with van der Waals surface area (Å²) in [6.07, 6.45) is 0. The molecule has 3 aromatic rings. The number of nitrogens with zero attached hydrogens (tertiary/aromatic N) is 1. The maximum atomic E-state index is 13.6. The summed E-state index contributed by atoms with van der Waals surface area (Å²) in [5, 5.41) is 5.38. The number of amides is 2. The molecule has 0 fully saturated rings. The Morgan fingerprint density at radius 3 is 2.74 bits per heavy atom. The molecule has 6 nitrogen and oxygen atoms in total. The van der Waals surface area contributed by atoms with Crippen LogP contribution >= 0.6 is 22.9 Å². The molecule has 1 aromatic heterocycles. The van der Waals surface area contributed by atoms with Crippen molar-refractivity contribution in [3.63, 3.8) is 0 Å². The second kappa shape index (κ2) is 9.09. The Morgan fingerprint density at radius 1 is 1.23 bits per heavy atom. The minimum atomic E-state index is -0.612. The quantitative estimate of drug-likeness (QED) is 0.534. The average molecular weight is 456 g/mol. The van der Waals surface area contributed by atoms with Gasteiger partial charge in [-0.15, -0.1) is 11.3 Å². The smallest absolute Gasteiger partial charge is 0.254 e. The molecule has 2 amide bonds. The number of hydrogen-bond acceptors (Lipinski definition) is 5. The summed E-state index contributed by atoms with van der Waals surface area (Å²) in [6, 6.07) is 15.6. The van der Waals surface area contributed by atoms with Gasteiger partial charge >= 0.3 is 0 Å². The molecule has 2 aromatic carbocycles. The van der Waals surface area contributed by atoms with E-state index in [0.717, 1.165) is 4.88 Å². The normalized spacial score (nSPS) is 18.0. The van der Waals surface area contributed by atoms with Crippen molar-refractivity contribution in [1.29, 1.82) is 0 Å². The van der Waals surface area contributed by atoms with Gasteiger partial charge in [-0.3, -0.25) is 9.59 Å². The zero-order chi connectivity index (χ0) is 22.0. The SMILES string of the molecule is COCCN1C(=O)c2ccccc2C(C(=O)Nc2ccc(Cl)cc2N)C1c1cccs1. The molecule has 0 aliphatic carbocycles. The van der Waals surface area contributed by atoms with Gasteiger partial charge in [-0.05, 0) is 41.3 Å². The fraction of sp³-hybridized carbons (Fsp3) is 0.217. The summed E-state index contributed by atoms with van der Waals surface area (Å²) >= 11 is 7.52. The number of nitrogen functional groups attached to an aromatic ring is 1. The molecule has 0 bridgehead atoms. The highest BCUT2D eigenvalue weighted by molar-refractivity contribution is 7.10. The van der Waals surface area contributed by atoms with E-state index in [2.05, 4.69) is 5.32 Å². The first kappa shape index (κ1) is 21.4. The van der Waals surface area contributed by atoms with Crippen LogP contribution in [0.5, 0.6) is 0 Å². The standard InChI is InChI=1S/C23H22ClN3O3S/c1-30-11-10-27-21(19-7-4-12-31-19)20(15-5-2-3-6-16(15)23(27)29)22(28)26-18-9-8-14(24)13-17(18)25/h2-9,12-13,20-21H,10-11,25H2,1H3,(H,26,28). The molecule has 3 N–H and O–H groups in total. The second-order valence-corrected chi connectivity index (χ2v) is 8.65. The number of benzene rings is 2. The third kappa shape index (κ3) is 4.17. The van der Waals surface area contributed by atoms with Crippen LogP contribution in [0.15, 0.2) is 60.0 Å². The fourth-order valence-electron chi connectivity index (χ4n) is 3.94. The number of carbonyl (C=O) groups is 2. The van der Waals surface area contributed by atoms with Crippen LogP contribution in [0.1, 0.15) is 32.8 Å². The molecule has 8 heteroatoms. The van der Waals surface area contributed by atoms with Crippen molar-refractivity contribution in [2.45, 2.75) is 12.0 Å². The van der Waals surface area contributed by atoms with E-state index >= 15 is 0 Å². The Morgan fingerprint density at radius 2 is 2.03 bits per heavy atom. The molecule has 31 heavy (non-hydrogen) atoms. The van der Waals surface area contributed by atoms with Crippen molar-refractivity contribution in [2.24, 2.45) is 0 Å². The molecule has 2 heterocycles. The Labute approximate surface area is 189 Å². The molecule has 1 aliphatic heterocycles. The number of carbonyl (C=O) groups excluding carboxylic acids is 2. The number of methoxy groups -OCH3 is 1. The Balaban J connectivity index is 1.80. The van der Waals surface area contributed by atoms with Crippen LogP contribution < -0.4 is 11.1 Å². The van der Waals surface area contributed by atoms with Gasteiger partial charge in [0.1, 0.15) is 0 Å². The monoisotopic (exact) mass is 455 g/mol. The topological polar surface area (TPSA) is 84.7 Å². The summed E-state index contributed by atoms with van der Waals surface area (Å²) in [5.74, 6) is -0.963. The Kier molecular flexibility index (Phi) is 6.27. The third-order valence-corrected chi connectivity index (χ3v) is 6.54. The third-order valence-electron chi connectivity index (χ3n) is 5.36. The molecule has 0 spiro atoms. The van der Waals surface area contributed by atoms with Gasteiger partial charge < -0.3 is 20.7 Å². The van der Waals surface area contributed by atoms with Gasteiger partial charge in [0.15, 0.2) is 0 Å². The molecule has 1 aliphatic rings. The summed E-state index contributed by atoms with van der Waals surface area (Å²) in [4.78, 5) is 29.7. The van der Waals surface area contributed by atoms with Crippen LogP contribution in [-0.2, 0) is 9.53 Å². The van der Waals surface area contributed by atoms with Gasteiger partial charge in [-0.25, -0.2) is 0 Å². The lowest BCUT2D eigenvalue weighted by Crippen LogP contribution is -2.47. The van der Waals surface area contributed by atoms with Crippen LogP contribution in [-0.4, -0.2) is 37.0 Å². The number of fused-ring (bicyclic) bond motifs is 1. The van der Waals surface area contributed by atoms with E-state index in [9.17, 15) is 9.59 Å².